The van der Waals surface area contributed by atoms with Gasteiger partial charge >= 0.3 is 0 Å². The van der Waals surface area contributed by atoms with E-state index in [1.807, 2.05) is 24.3 Å². The summed E-state index contributed by atoms with van der Waals surface area (Å²) >= 11 is 0. The van der Waals surface area contributed by atoms with Crippen LogP contribution in [-0.2, 0) is 0 Å². The summed E-state index contributed by atoms with van der Waals surface area (Å²) in [7, 11) is 0. The van der Waals surface area contributed by atoms with Crippen molar-refractivity contribution in [2.24, 2.45) is 0 Å². The topological polar surface area (TPSA) is 31.2 Å². The van der Waals surface area contributed by atoms with Crippen LogP contribution in [0, 0.1) is 0 Å². The molecule has 238 valence electrons. The summed E-state index contributed by atoms with van der Waals surface area (Å²) in [5.74, 6) is 0. The summed E-state index contributed by atoms with van der Waals surface area (Å²) in [6, 6.07) is 62.8. The number of nitrogens with zero attached hydrogens (tertiary/aromatic N) is 1. The van der Waals surface area contributed by atoms with Crippen molar-refractivity contribution in [2.75, 3.05) is 0 Å². The fraction of sp³-hybridized carbons (Fsp3) is 0. The molecule has 0 amide bonds. The molecule has 0 unspecified atom stereocenters. The van der Waals surface area contributed by atoms with E-state index in [-0.39, 0.29) is 0 Å². The smallest absolute Gasteiger partial charge is 0.135 e. The maximum atomic E-state index is 6.14. The summed E-state index contributed by atoms with van der Waals surface area (Å²) in [6.45, 7) is 0. The Morgan fingerprint density at radius 3 is 1.53 bits per heavy atom. The standard InChI is InChI=1S/C48H29NO2/c1-4-19-43-37(14-1)40-18-9-17-36(34-12-7-10-30(26-34)32-22-24-46-41(28-32)38-15-2-5-20-44(38)50-46)48(40)49(43)35-13-8-11-31(27-35)33-23-25-47-42(29-33)39-16-3-6-21-45(39)51-47/h1-29H. The van der Waals surface area contributed by atoms with Crippen molar-refractivity contribution in [2.45, 2.75) is 0 Å². The zero-order chi connectivity index (χ0) is 33.5. The molecule has 51 heavy (non-hydrogen) atoms. The van der Waals surface area contributed by atoms with Crippen molar-refractivity contribution in [1.82, 2.24) is 4.57 Å². The Labute approximate surface area is 293 Å². The van der Waals surface area contributed by atoms with Gasteiger partial charge in [-0.2, -0.15) is 0 Å². The van der Waals surface area contributed by atoms with Gasteiger partial charge in [0.1, 0.15) is 22.3 Å². The zero-order valence-electron chi connectivity index (χ0n) is 27.5. The number of benzene rings is 8. The van der Waals surface area contributed by atoms with Gasteiger partial charge in [-0.05, 0) is 88.5 Å². The second kappa shape index (κ2) is 10.8. The third kappa shape index (κ3) is 4.32. The highest BCUT2D eigenvalue weighted by molar-refractivity contribution is 6.14. The molecular formula is C48H29NO2. The normalized spacial score (nSPS) is 11.9. The highest BCUT2D eigenvalue weighted by Crippen LogP contribution is 2.41. The molecule has 3 aromatic heterocycles. The molecule has 0 fully saturated rings. The van der Waals surface area contributed by atoms with E-state index >= 15 is 0 Å². The minimum absolute atomic E-state index is 0.906. The van der Waals surface area contributed by atoms with Gasteiger partial charge in [0.2, 0.25) is 0 Å². The largest absolute Gasteiger partial charge is 0.456 e. The summed E-state index contributed by atoms with van der Waals surface area (Å²) in [4.78, 5) is 0. The Bertz CT molecular complexity index is 3150. The Morgan fingerprint density at radius 2 is 0.824 bits per heavy atom. The molecule has 8 aromatic carbocycles. The molecule has 11 aromatic rings. The van der Waals surface area contributed by atoms with Crippen molar-refractivity contribution in [3.63, 3.8) is 0 Å². The summed E-state index contributed by atoms with van der Waals surface area (Å²) < 4.78 is 14.7. The van der Waals surface area contributed by atoms with E-state index in [0.29, 0.717) is 0 Å². The van der Waals surface area contributed by atoms with Gasteiger partial charge in [-0.3, -0.25) is 0 Å². The molecule has 0 aliphatic rings. The Hall–Kier alpha value is -6.84. The van der Waals surface area contributed by atoms with E-state index in [2.05, 4.69) is 156 Å². The first-order chi connectivity index (χ1) is 25.3. The Balaban J connectivity index is 1.09. The van der Waals surface area contributed by atoms with Crippen molar-refractivity contribution in [3.8, 4) is 39.1 Å². The van der Waals surface area contributed by atoms with Crippen LogP contribution in [0.4, 0.5) is 0 Å². The predicted octanol–water partition coefficient (Wildman–Crippen LogP) is 13.6. The van der Waals surface area contributed by atoms with E-state index < -0.39 is 0 Å². The number of rotatable bonds is 4. The quantitative estimate of drug-likeness (QED) is 0.190. The second-order valence-electron chi connectivity index (χ2n) is 13.3. The molecule has 0 spiro atoms. The Morgan fingerprint density at radius 1 is 0.314 bits per heavy atom. The van der Waals surface area contributed by atoms with E-state index in [1.165, 1.54) is 44.1 Å². The molecule has 0 N–H and O–H groups in total. The van der Waals surface area contributed by atoms with Crippen LogP contribution in [0.25, 0.3) is 105 Å². The molecule has 0 aliphatic heterocycles. The third-order valence-electron chi connectivity index (χ3n) is 10.4. The van der Waals surface area contributed by atoms with Crippen LogP contribution in [0.15, 0.2) is 185 Å². The first-order valence-corrected chi connectivity index (χ1v) is 17.3. The molecule has 0 saturated heterocycles. The molecule has 0 atom stereocenters. The molecule has 11 rings (SSSR count). The van der Waals surface area contributed by atoms with Gasteiger partial charge in [0.05, 0.1) is 11.0 Å². The number of aromatic nitrogens is 1. The van der Waals surface area contributed by atoms with Crippen LogP contribution in [0.3, 0.4) is 0 Å². The van der Waals surface area contributed by atoms with Gasteiger partial charge < -0.3 is 13.4 Å². The lowest BCUT2D eigenvalue weighted by Crippen LogP contribution is -1.96. The predicted molar refractivity (Wildman–Crippen MR) is 212 cm³/mol. The minimum Gasteiger partial charge on any atom is -0.456 e. The number of furan rings is 2. The van der Waals surface area contributed by atoms with E-state index in [0.717, 1.165) is 60.7 Å². The zero-order valence-corrected chi connectivity index (χ0v) is 27.5. The van der Waals surface area contributed by atoms with Crippen LogP contribution in [0.2, 0.25) is 0 Å². The van der Waals surface area contributed by atoms with Gasteiger partial charge in [0.25, 0.3) is 0 Å². The van der Waals surface area contributed by atoms with Crippen LogP contribution < -0.4 is 0 Å². The van der Waals surface area contributed by atoms with E-state index in [4.69, 9.17) is 8.83 Å². The molecule has 0 saturated carbocycles. The lowest BCUT2D eigenvalue weighted by Gasteiger charge is -2.14. The summed E-state index contributed by atoms with van der Waals surface area (Å²) in [5.41, 5.74) is 14.2. The summed E-state index contributed by atoms with van der Waals surface area (Å²) in [6.07, 6.45) is 0. The number of para-hydroxylation sites is 4. The van der Waals surface area contributed by atoms with Crippen LogP contribution in [0.1, 0.15) is 0 Å². The molecule has 0 radical (unpaired) electrons. The molecule has 0 aliphatic carbocycles. The SMILES string of the molecule is c1cc(-c2ccc3oc4ccccc4c3c2)cc(-c2cccc3c4ccccc4n(-c4cccc(-c5ccc6oc7ccccc7c6c5)c4)c23)c1. The van der Waals surface area contributed by atoms with Gasteiger partial charge in [0.15, 0.2) is 0 Å². The monoisotopic (exact) mass is 651 g/mol. The highest BCUT2D eigenvalue weighted by atomic mass is 16.3. The van der Waals surface area contributed by atoms with Gasteiger partial charge in [-0.25, -0.2) is 0 Å². The van der Waals surface area contributed by atoms with Crippen molar-refractivity contribution in [1.29, 1.82) is 0 Å². The lowest BCUT2D eigenvalue weighted by molar-refractivity contribution is 0.668. The highest BCUT2D eigenvalue weighted by Gasteiger charge is 2.18. The first kappa shape index (κ1) is 28.0. The minimum atomic E-state index is 0.906. The first-order valence-electron chi connectivity index (χ1n) is 17.3. The second-order valence-corrected chi connectivity index (χ2v) is 13.3. The van der Waals surface area contributed by atoms with E-state index in [9.17, 15) is 0 Å². The summed E-state index contributed by atoms with van der Waals surface area (Å²) in [5, 5.41) is 7.01. The molecule has 3 nitrogen and oxygen atoms in total. The molecule has 3 heteroatoms. The van der Waals surface area contributed by atoms with Crippen molar-refractivity contribution >= 4 is 65.7 Å². The molecular weight excluding hydrogens is 623 g/mol. The number of hydrogen-bond donors (Lipinski definition) is 0. The third-order valence-corrected chi connectivity index (χ3v) is 10.4. The average molecular weight is 652 g/mol. The maximum absolute atomic E-state index is 6.14. The number of hydrogen-bond acceptors (Lipinski definition) is 2. The maximum Gasteiger partial charge on any atom is 0.135 e. The van der Waals surface area contributed by atoms with Crippen LogP contribution in [-0.4, -0.2) is 4.57 Å². The van der Waals surface area contributed by atoms with Gasteiger partial charge in [-0.1, -0.05) is 115 Å². The fourth-order valence-corrected chi connectivity index (χ4v) is 8.02. The van der Waals surface area contributed by atoms with Crippen molar-refractivity contribution < 1.29 is 8.83 Å². The van der Waals surface area contributed by atoms with Gasteiger partial charge in [-0.15, -0.1) is 0 Å². The number of fused-ring (bicyclic) bond motifs is 9. The molecule has 0 bridgehead atoms. The molecule has 3 heterocycles. The van der Waals surface area contributed by atoms with Crippen molar-refractivity contribution in [3.05, 3.63) is 176 Å². The fourth-order valence-electron chi connectivity index (χ4n) is 8.02. The Kier molecular flexibility index (Phi) is 5.96. The average Bonchev–Trinajstić information content (AvgIpc) is 3.87. The van der Waals surface area contributed by atoms with Gasteiger partial charge in [0, 0.05) is 43.6 Å². The van der Waals surface area contributed by atoms with E-state index in [1.54, 1.807) is 0 Å². The van der Waals surface area contributed by atoms with Crippen LogP contribution >= 0.6 is 0 Å². The van der Waals surface area contributed by atoms with Crippen LogP contribution in [0.5, 0.6) is 0 Å². The lowest BCUT2D eigenvalue weighted by atomic mass is 9.96.